The third-order valence-electron chi connectivity index (χ3n) is 4.96. The van der Waals surface area contributed by atoms with Crippen LogP contribution in [-0.4, -0.2) is 38.9 Å². The molecule has 1 heterocycles. The van der Waals surface area contributed by atoms with Gasteiger partial charge in [0.1, 0.15) is 5.82 Å². The topological polar surface area (TPSA) is 88.9 Å². The molecule has 1 aliphatic rings. The van der Waals surface area contributed by atoms with E-state index in [1.807, 2.05) is 34.9 Å². The summed E-state index contributed by atoms with van der Waals surface area (Å²) in [5, 5.41) is 13.6. The number of hydrogen-bond donors (Lipinski definition) is 2. The first-order valence-corrected chi connectivity index (χ1v) is 11.2. The molecule has 2 N–H and O–H groups in total. The number of anilines is 1. The van der Waals surface area contributed by atoms with Crippen molar-refractivity contribution in [2.75, 3.05) is 17.6 Å². The van der Waals surface area contributed by atoms with Crippen molar-refractivity contribution in [2.24, 2.45) is 0 Å². The van der Waals surface area contributed by atoms with Crippen LogP contribution in [0.25, 0.3) is 0 Å². The van der Waals surface area contributed by atoms with Crippen molar-refractivity contribution in [1.82, 2.24) is 20.1 Å². The zero-order valence-corrected chi connectivity index (χ0v) is 18.2. The second-order valence-electron chi connectivity index (χ2n) is 7.52. The lowest BCUT2D eigenvalue weighted by Gasteiger charge is -2.10. The van der Waals surface area contributed by atoms with Gasteiger partial charge in [-0.1, -0.05) is 42.1 Å². The van der Waals surface area contributed by atoms with Crippen LogP contribution in [0.5, 0.6) is 0 Å². The van der Waals surface area contributed by atoms with Crippen molar-refractivity contribution in [1.29, 1.82) is 0 Å². The molecule has 0 unspecified atom stereocenters. The molecule has 11 heteroatoms. The third kappa shape index (κ3) is 5.72. The molecular weight excluding hydrogens is 455 g/mol. The summed E-state index contributed by atoms with van der Waals surface area (Å²) < 4.78 is 41.9. The van der Waals surface area contributed by atoms with E-state index in [4.69, 9.17) is 0 Å². The molecule has 2 amide bonds. The van der Waals surface area contributed by atoms with E-state index in [2.05, 4.69) is 20.8 Å². The van der Waals surface area contributed by atoms with Gasteiger partial charge in [-0.05, 0) is 30.5 Å². The number of carbonyl (C=O) groups excluding carboxylic acids is 2. The highest BCUT2D eigenvalue weighted by atomic mass is 32.2. The Bertz CT molecular complexity index is 1170. The third-order valence-corrected chi connectivity index (χ3v) is 5.93. The molecule has 33 heavy (non-hydrogen) atoms. The van der Waals surface area contributed by atoms with Crippen molar-refractivity contribution in [3.05, 3.63) is 71.3 Å². The van der Waals surface area contributed by atoms with Crippen molar-refractivity contribution in [3.8, 4) is 0 Å². The lowest BCUT2D eigenvalue weighted by molar-refractivity contribution is -0.122. The Morgan fingerprint density at radius 3 is 2.48 bits per heavy atom. The van der Waals surface area contributed by atoms with Gasteiger partial charge in [0.2, 0.25) is 11.8 Å². The smallest absolute Gasteiger partial charge is 0.243 e. The average Bonchev–Trinajstić information content (AvgIpc) is 3.59. The van der Waals surface area contributed by atoms with Crippen molar-refractivity contribution < 1.29 is 22.8 Å². The Morgan fingerprint density at radius 1 is 1.00 bits per heavy atom. The molecule has 1 aliphatic carbocycles. The maximum atomic E-state index is 13.7. The van der Waals surface area contributed by atoms with Gasteiger partial charge in [0.25, 0.3) is 0 Å². The summed E-state index contributed by atoms with van der Waals surface area (Å²) in [7, 11) is 0. The van der Waals surface area contributed by atoms with Crippen LogP contribution in [0.3, 0.4) is 0 Å². The van der Waals surface area contributed by atoms with Crippen molar-refractivity contribution in [3.63, 3.8) is 0 Å². The number of aromatic nitrogens is 3. The normalized spacial score (nSPS) is 13.1. The molecule has 1 aromatic heterocycles. The summed E-state index contributed by atoms with van der Waals surface area (Å²) in [5.41, 5.74) is 0.579. The fraction of sp³-hybridized carbons (Fsp3) is 0.273. The highest BCUT2D eigenvalue weighted by molar-refractivity contribution is 7.99. The first-order chi connectivity index (χ1) is 15.9. The monoisotopic (exact) mass is 475 g/mol. The second-order valence-corrected chi connectivity index (χ2v) is 8.47. The highest BCUT2D eigenvalue weighted by Gasteiger charge is 2.30. The number of amides is 2. The fourth-order valence-electron chi connectivity index (χ4n) is 3.14. The van der Waals surface area contributed by atoms with Crippen LogP contribution in [0, 0.1) is 17.5 Å². The van der Waals surface area contributed by atoms with Crippen LogP contribution in [0.4, 0.5) is 18.9 Å². The Kier molecular flexibility index (Phi) is 6.97. The molecule has 2 aromatic carbocycles. The van der Waals surface area contributed by atoms with E-state index in [0.29, 0.717) is 23.7 Å². The Hall–Kier alpha value is -3.34. The first kappa shape index (κ1) is 22.8. The standard InChI is InChI=1S/C22H20F3N5O2S/c23-15-8-9-16(20(25)19(15)24)27-17(31)10-26-18(32)12-33-22-29-28-21(14-6-7-14)30(22)11-13-4-2-1-3-5-13/h1-5,8-9,14H,6-7,10-12H2,(H,26,32)(H,27,31). The molecule has 3 aromatic rings. The van der Waals surface area contributed by atoms with Crippen LogP contribution in [-0.2, 0) is 16.1 Å². The maximum absolute atomic E-state index is 13.7. The first-order valence-electron chi connectivity index (χ1n) is 10.2. The van der Waals surface area contributed by atoms with Crippen LogP contribution in [0.2, 0.25) is 0 Å². The summed E-state index contributed by atoms with van der Waals surface area (Å²) in [6.07, 6.45) is 2.12. The van der Waals surface area contributed by atoms with Gasteiger partial charge in [-0.3, -0.25) is 9.59 Å². The molecule has 0 radical (unpaired) electrons. The molecule has 4 rings (SSSR count). The van der Waals surface area contributed by atoms with Crippen LogP contribution in [0.15, 0.2) is 47.6 Å². The van der Waals surface area contributed by atoms with E-state index in [1.165, 1.54) is 11.8 Å². The Balaban J connectivity index is 1.31. The van der Waals surface area contributed by atoms with E-state index >= 15 is 0 Å². The largest absolute Gasteiger partial charge is 0.346 e. The summed E-state index contributed by atoms with van der Waals surface area (Å²) >= 11 is 1.20. The van der Waals surface area contributed by atoms with Gasteiger partial charge in [-0.2, -0.15) is 0 Å². The molecule has 172 valence electrons. The van der Waals surface area contributed by atoms with Crippen molar-refractivity contribution in [2.45, 2.75) is 30.5 Å². The lowest BCUT2D eigenvalue weighted by Crippen LogP contribution is -2.34. The Labute approximate surface area is 191 Å². The predicted molar refractivity (Wildman–Crippen MR) is 116 cm³/mol. The van der Waals surface area contributed by atoms with Gasteiger partial charge in [0, 0.05) is 5.92 Å². The van der Waals surface area contributed by atoms with E-state index in [9.17, 15) is 22.8 Å². The molecule has 1 saturated carbocycles. The molecule has 7 nitrogen and oxygen atoms in total. The minimum absolute atomic E-state index is 0.00952. The number of benzene rings is 2. The summed E-state index contributed by atoms with van der Waals surface area (Å²) in [6, 6.07) is 11.5. The summed E-state index contributed by atoms with van der Waals surface area (Å²) in [5.74, 6) is -4.50. The molecule has 0 aliphatic heterocycles. The van der Waals surface area contributed by atoms with Crippen molar-refractivity contribution >= 4 is 29.3 Å². The van der Waals surface area contributed by atoms with Gasteiger partial charge >= 0.3 is 0 Å². The average molecular weight is 475 g/mol. The minimum atomic E-state index is -1.68. The highest BCUT2D eigenvalue weighted by Crippen LogP contribution is 2.40. The van der Waals surface area contributed by atoms with Crippen LogP contribution >= 0.6 is 11.8 Å². The summed E-state index contributed by atoms with van der Waals surface area (Å²) in [6.45, 7) is 0.133. The summed E-state index contributed by atoms with van der Waals surface area (Å²) in [4.78, 5) is 24.1. The van der Waals surface area contributed by atoms with E-state index in [-0.39, 0.29) is 5.75 Å². The molecule has 1 fully saturated rings. The van der Waals surface area contributed by atoms with Gasteiger partial charge in [-0.25, -0.2) is 13.2 Å². The zero-order chi connectivity index (χ0) is 23.4. The minimum Gasteiger partial charge on any atom is -0.346 e. The number of thioether (sulfide) groups is 1. The van der Waals surface area contributed by atoms with Gasteiger partial charge in [-0.15, -0.1) is 10.2 Å². The maximum Gasteiger partial charge on any atom is 0.243 e. The van der Waals surface area contributed by atoms with Gasteiger partial charge in [0.05, 0.1) is 24.5 Å². The zero-order valence-electron chi connectivity index (χ0n) is 17.4. The predicted octanol–water partition coefficient (Wildman–Crippen LogP) is 3.47. The fourth-order valence-corrected chi connectivity index (χ4v) is 3.92. The van der Waals surface area contributed by atoms with Crippen LogP contribution < -0.4 is 10.6 Å². The lowest BCUT2D eigenvalue weighted by atomic mass is 10.2. The molecule has 0 atom stereocenters. The molecule has 0 saturated heterocycles. The second kappa shape index (κ2) is 10.1. The number of halogens is 3. The quantitative estimate of drug-likeness (QED) is 0.366. The van der Waals surface area contributed by atoms with E-state index in [1.54, 1.807) is 0 Å². The number of rotatable bonds is 9. The van der Waals surface area contributed by atoms with E-state index in [0.717, 1.165) is 30.3 Å². The molecular formula is C22H20F3N5O2S. The molecule has 0 spiro atoms. The molecule has 0 bridgehead atoms. The SMILES string of the molecule is O=C(CSc1nnc(C2CC2)n1Cc1ccccc1)NCC(=O)Nc1ccc(F)c(F)c1F. The number of hydrogen-bond acceptors (Lipinski definition) is 5. The Morgan fingerprint density at radius 2 is 1.76 bits per heavy atom. The van der Waals surface area contributed by atoms with E-state index < -0.39 is 41.5 Å². The number of nitrogens with zero attached hydrogens (tertiary/aromatic N) is 3. The number of carbonyl (C=O) groups is 2. The van der Waals surface area contributed by atoms with Gasteiger partial charge in [0.15, 0.2) is 22.6 Å². The van der Waals surface area contributed by atoms with Crippen LogP contribution in [0.1, 0.15) is 30.1 Å². The van der Waals surface area contributed by atoms with Gasteiger partial charge < -0.3 is 15.2 Å². The number of nitrogens with one attached hydrogen (secondary N) is 2.